The lowest BCUT2D eigenvalue weighted by molar-refractivity contribution is -0.138. The van der Waals surface area contributed by atoms with Gasteiger partial charge < -0.3 is 135 Å². The third kappa shape index (κ3) is 47.2. The number of Topliss-reactive ketones (excluding diaryl/α,β-unsaturated/α-hetero) is 1. The number of pyridine rings is 1. The fraction of sp³-hybridized carbons (Fsp3) is 0.753. The minimum Gasteiger partial charge on any atom is -0.379 e. The Labute approximate surface area is 720 Å². The second-order valence-electron chi connectivity index (χ2n) is 27.2. The average Bonchev–Trinajstić information content (AvgIpc) is 1.53. The quantitative estimate of drug-likeness (QED) is 0.0319. The van der Waals surface area contributed by atoms with Gasteiger partial charge in [0.25, 0.3) is 0 Å². The van der Waals surface area contributed by atoms with Gasteiger partial charge in [-0.25, -0.2) is 15.0 Å². The fourth-order valence-corrected chi connectivity index (χ4v) is 12.2. The molecule has 1 aliphatic heterocycles. The standard InChI is InChI=1S/C81H132BrN9O28.ClH/c1-65-5-6-74(82)87-79(65)88-80(95)72-59-81(60-73(81)91(72)76(94)63-90-78-66(2)57-69(70-61-84-68(4)85-62-70)58-71(78)77(89-90)67(3)92)64-86-75(93)7-9-96-11-13-98-15-17-100-19-21-102-23-25-104-27-29-106-31-33-108-35-37-110-39-41-112-43-45-114-47-49-116-51-53-118-55-56-119-54-52-117-50-48-115-46-44-113-42-40-111-38-36-109-34-32-107-30-28-105-26-24-103-22-20-101-18-16-99-14-12-97-10-8-83;/h5-6,57-58,61-62,72-73H,7-56,59-60,63-64,83H2,1-4H3,(H,86,93)(H,87,88,95);1H/t72-,73+,81-;/m0./s1. The summed E-state index contributed by atoms with van der Waals surface area (Å²) in [5, 5.41) is 11.2. The van der Waals surface area contributed by atoms with Crippen LogP contribution in [-0.2, 0) is 135 Å². The number of hydrogen-bond acceptors (Lipinski definition) is 33. The number of ketones is 1. The van der Waals surface area contributed by atoms with Gasteiger partial charge in [0, 0.05) is 61.2 Å². The molecule has 1 saturated carbocycles. The first-order valence-electron chi connectivity index (χ1n) is 41.3. The second kappa shape index (κ2) is 69.0. The van der Waals surface area contributed by atoms with E-state index in [1.54, 1.807) is 35.0 Å². The van der Waals surface area contributed by atoms with Crippen LogP contribution in [0.15, 0.2) is 41.3 Å². The molecule has 4 heterocycles. The highest BCUT2D eigenvalue weighted by Gasteiger charge is 2.67. The molecule has 1 aromatic carbocycles. The predicted molar refractivity (Wildman–Crippen MR) is 445 cm³/mol. The molecule has 0 bridgehead atoms. The second-order valence-corrected chi connectivity index (χ2v) is 28.0. The molecule has 6 rings (SSSR count). The summed E-state index contributed by atoms with van der Waals surface area (Å²) in [4.78, 5) is 69.7. The van der Waals surface area contributed by atoms with E-state index in [1.165, 1.54) is 6.92 Å². The van der Waals surface area contributed by atoms with E-state index in [4.69, 9.17) is 119 Å². The van der Waals surface area contributed by atoms with Crippen molar-refractivity contribution in [2.45, 2.75) is 65.6 Å². The van der Waals surface area contributed by atoms with E-state index in [0.29, 0.717) is 357 Å². The molecular formula is C81H133BrClN9O28. The van der Waals surface area contributed by atoms with Crippen LogP contribution < -0.4 is 16.4 Å². The number of aromatic nitrogens is 5. The number of nitrogens with one attached hydrogen (secondary N) is 2. The van der Waals surface area contributed by atoms with Crippen molar-refractivity contribution >= 4 is 68.6 Å². The number of fused-ring (bicyclic) bond motifs is 2. The summed E-state index contributed by atoms with van der Waals surface area (Å²) in [6.07, 6.45) is 4.50. The first-order chi connectivity index (χ1) is 58.4. The van der Waals surface area contributed by atoms with Crippen molar-refractivity contribution in [3.8, 4) is 11.1 Å². The lowest BCUT2D eigenvalue weighted by Crippen LogP contribution is -2.47. The normalized spacial score (nSPS) is 15.0. The zero-order chi connectivity index (χ0) is 84.5. The molecule has 120 heavy (non-hydrogen) atoms. The van der Waals surface area contributed by atoms with Gasteiger partial charge in [-0.3, -0.25) is 23.9 Å². The highest BCUT2D eigenvalue weighted by atomic mass is 79.9. The largest absolute Gasteiger partial charge is 0.379 e. The van der Waals surface area contributed by atoms with Crippen molar-refractivity contribution in [1.29, 1.82) is 0 Å². The number of aryl methyl sites for hydroxylation is 3. The fourth-order valence-electron chi connectivity index (χ4n) is 11.9. The van der Waals surface area contributed by atoms with Crippen molar-refractivity contribution in [1.82, 2.24) is 34.9 Å². The summed E-state index contributed by atoms with van der Waals surface area (Å²) >= 11 is 3.39. The van der Waals surface area contributed by atoms with E-state index in [9.17, 15) is 19.2 Å². The third-order valence-electron chi connectivity index (χ3n) is 18.0. The predicted octanol–water partition coefficient (Wildman–Crippen LogP) is 4.06. The Morgan fingerprint density at radius 2 is 0.767 bits per heavy atom. The summed E-state index contributed by atoms with van der Waals surface area (Å²) in [5.41, 5.74) is 8.83. The first-order valence-corrected chi connectivity index (χ1v) is 42.1. The maximum Gasteiger partial charge on any atom is 0.248 e. The SMILES string of the molecule is CC(=O)c1nn(CC(=O)N2[C@H](C(=O)Nc3nc(Br)ccc3C)C[C@@]3(CNC(=O)CCOCCOCCOCCOCCOCCOCCOCCOCCOCCOCCOCCOCCOCCOCCOCCOCCOCCOCCOCCOCCOCCOCCOCCOCCN)C[C@@H]23)c2c(C)cc(-c3cnc(C)nc3)cc12.Cl. The van der Waals surface area contributed by atoms with E-state index in [0.717, 1.165) is 22.3 Å². The van der Waals surface area contributed by atoms with Crippen LogP contribution in [0, 0.1) is 26.2 Å². The van der Waals surface area contributed by atoms with Gasteiger partial charge >= 0.3 is 0 Å². The van der Waals surface area contributed by atoms with Gasteiger partial charge in [-0.05, 0) is 84.4 Å². The zero-order valence-corrected chi connectivity index (χ0v) is 73.2. The lowest BCUT2D eigenvalue weighted by Gasteiger charge is -2.27. The van der Waals surface area contributed by atoms with Crippen molar-refractivity contribution < 1.29 is 133 Å². The van der Waals surface area contributed by atoms with Gasteiger partial charge in [-0.1, -0.05) is 6.07 Å². The Balaban J connectivity index is 0.0000256. The number of anilines is 1. The number of nitrogens with zero attached hydrogens (tertiary/aromatic N) is 6. The van der Waals surface area contributed by atoms with Gasteiger partial charge in [-0.2, -0.15) is 5.10 Å². The van der Waals surface area contributed by atoms with Crippen LogP contribution in [0.3, 0.4) is 0 Å². The number of hydrogen-bond donors (Lipinski definition) is 3. The molecule has 3 atom stereocenters. The summed E-state index contributed by atoms with van der Waals surface area (Å²) < 4.78 is 135. The Hall–Kier alpha value is -5.23. The molecule has 4 N–H and O–H groups in total. The smallest absolute Gasteiger partial charge is 0.248 e. The van der Waals surface area contributed by atoms with Crippen LogP contribution in [-0.4, -0.2) is 395 Å². The van der Waals surface area contributed by atoms with Gasteiger partial charge in [0.05, 0.1) is 323 Å². The summed E-state index contributed by atoms with van der Waals surface area (Å²) in [6, 6.07) is 6.26. The summed E-state index contributed by atoms with van der Waals surface area (Å²) in [5.74, 6) is -0.189. The number of piperidine rings is 1. The van der Waals surface area contributed by atoms with E-state index in [1.807, 2.05) is 32.0 Å². The third-order valence-corrected chi connectivity index (χ3v) is 18.5. The molecule has 0 unspecified atom stereocenters. The number of nitrogens with two attached hydrogens (primary N) is 1. The van der Waals surface area contributed by atoms with Crippen molar-refractivity contribution in [2.75, 3.05) is 336 Å². The number of halogens is 2. The lowest BCUT2D eigenvalue weighted by atomic mass is 9.98. The van der Waals surface area contributed by atoms with Crippen molar-refractivity contribution in [2.24, 2.45) is 11.1 Å². The Morgan fingerprint density at radius 1 is 0.442 bits per heavy atom. The van der Waals surface area contributed by atoms with Crippen LogP contribution in [0.5, 0.6) is 0 Å². The summed E-state index contributed by atoms with van der Waals surface area (Å²) in [7, 11) is 0. The van der Waals surface area contributed by atoms with E-state index < -0.39 is 11.5 Å². The number of amides is 3. The minimum absolute atomic E-state index is 0. The molecule has 0 spiro atoms. The molecule has 4 aromatic rings. The van der Waals surface area contributed by atoms with Crippen LogP contribution in [0.4, 0.5) is 5.82 Å². The highest BCUT2D eigenvalue weighted by Crippen LogP contribution is 2.59. The Bertz CT molecular complexity index is 3300. The topological polar surface area (TPSA) is 400 Å². The number of benzene rings is 1. The summed E-state index contributed by atoms with van der Waals surface area (Å²) in [6.45, 7) is 29.5. The number of ether oxygens (including phenoxy) is 24. The maximum absolute atomic E-state index is 14.6. The molecule has 1 saturated heterocycles. The van der Waals surface area contributed by atoms with Crippen molar-refractivity contribution in [3.05, 3.63) is 63.9 Å². The highest BCUT2D eigenvalue weighted by molar-refractivity contribution is 9.10. The number of rotatable bonds is 82. The number of likely N-dealkylation sites (tertiary alicyclic amines) is 1. The van der Waals surface area contributed by atoms with E-state index >= 15 is 0 Å². The molecule has 2 aliphatic rings. The molecule has 37 nitrogen and oxygen atoms in total. The molecule has 3 aromatic heterocycles. The number of carbonyl (C=O) groups is 4. The average molecular weight is 1800 g/mol. The number of carbonyl (C=O) groups excluding carboxylic acids is 4. The zero-order valence-electron chi connectivity index (χ0n) is 70.8. The van der Waals surface area contributed by atoms with Gasteiger partial charge in [0.15, 0.2) is 5.78 Å². The van der Waals surface area contributed by atoms with Crippen LogP contribution >= 0.6 is 28.3 Å². The van der Waals surface area contributed by atoms with Gasteiger partial charge in [0.1, 0.15) is 34.5 Å². The molecular weight excluding hydrogens is 1660 g/mol. The van der Waals surface area contributed by atoms with Crippen LogP contribution in [0.25, 0.3) is 22.0 Å². The van der Waals surface area contributed by atoms with Crippen LogP contribution in [0.2, 0.25) is 0 Å². The monoisotopic (exact) mass is 1790 g/mol. The molecule has 3 amide bonds. The molecule has 0 radical (unpaired) electrons. The van der Waals surface area contributed by atoms with Gasteiger partial charge in [-0.15, -0.1) is 12.4 Å². The maximum atomic E-state index is 14.6. The first kappa shape index (κ1) is 105. The van der Waals surface area contributed by atoms with E-state index in [2.05, 4.69) is 46.6 Å². The van der Waals surface area contributed by atoms with Gasteiger partial charge in [0.2, 0.25) is 17.7 Å². The van der Waals surface area contributed by atoms with Crippen molar-refractivity contribution in [3.63, 3.8) is 0 Å². The molecule has 39 heteroatoms. The molecule has 2 fully saturated rings. The Kier molecular flexibility index (Phi) is 60.6. The Morgan fingerprint density at radius 3 is 1.09 bits per heavy atom. The van der Waals surface area contributed by atoms with Crippen LogP contribution in [0.1, 0.15) is 53.6 Å². The molecule has 1 aliphatic carbocycles. The van der Waals surface area contributed by atoms with E-state index in [-0.39, 0.29) is 73.8 Å². The minimum atomic E-state index is -0.860. The molecule has 684 valence electrons.